The molecule has 0 saturated heterocycles. The Hall–Kier alpha value is -0.321. The number of rotatable bonds is 3. The van der Waals surface area contributed by atoms with Crippen LogP contribution in [0.2, 0.25) is 0 Å². The van der Waals surface area contributed by atoms with E-state index in [-0.39, 0.29) is 0 Å². The van der Waals surface area contributed by atoms with Crippen LogP contribution in [0.1, 0.15) is 13.3 Å². The maximum atomic E-state index is 4.16. The molecule has 0 saturated carbocycles. The molecule has 0 aliphatic carbocycles. The van der Waals surface area contributed by atoms with Gasteiger partial charge in [-0.2, -0.15) is 0 Å². The Morgan fingerprint density at radius 2 is 2.27 bits per heavy atom. The quantitative estimate of drug-likeness (QED) is 0.778. The van der Waals surface area contributed by atoms with Gasteiger partial charge in [-0.05, 0) is 0 Å². The summed E-state index contributed by atoms with van der Waals surface area (Å²) in [6, 6.07) is 0. The molecule has 1 N–H and O–H groups in total. The molecule has 11 heavy (non-hydrogen) atoms. The minimum atomic E-state index is 0.873. The van der Waals surface area contributed by atoms with Crippen LogP contribution in [0.4, 0.5) is 5.82 Å². The van der Waals surface area contributed by atoms with Gasteiger partial charge in [-0.25, -0.2) is 0 Å². The number of nitrogens with one attached hydrogen (secondary N) is 1. The Morgan fingerprint density at radius 1 is 1.45 bits per heavy atom. The van der Waals surface area contributed by atoms with Gasteiger partial charge in [0.25, 0.3) is 0 Å². The van der Waals surface area contributed by atoms with Crippen molar-refractivity contribution in [1.82, 2.24) is 9.97 Å². The van der Waals surface area contributed by atoms with Gasteiger partial charge in [0.2, 0.25) is 0 Å². The van der Waals surface area contributed by atoms with Crippen molar-refractivity contribution < 1.29 is 0 Å². The summed E-state index contributed by atoms with van der Waals surface area (Å²) < 4.78 is 1.04. The van der Waals surface area contributed by atoms with E-state index in [4.69, 9.17) is 0 Å². The summed E-state index contributed by atoms with van der Waals surface area (Å²) in [4.78, 5) is 8.31. The summed E-state index contributed by atoms with van der Waals surface area (Å²) >= 11 is 1.31. The fourth-order valence-corrected chi connectivity index (χ4v) is 1.04. The molecule has 0 fully saturated rings. The number of hydrogen-bond donors (Lipinski definition) is 1. The molecule has 0 atom stereocenters. The standard InChI is InChI=1S/C7H10N3.Sn/c1-2-3-9-7-6-8-4-5-10-7;/h5-6H,2-3H2,1H3,(H,9,10);. The second kappa shape index (κ2) is 4.53. The Kier molecular flexibility index (Phi) is 3.62. The van der Waals surface area contributed by atoms with Crippen molar-refractivity contribution >= 4 is 32.1 Å². The zero-order valence-electron chi connectivity index (χ0n) is 6.46. The predicted molar refractivity (Wildman–Crippen MR) is 46.2 cm³/mol. The van der Waals surface area contributed by atoms with Gasteiger partial charge >= 0.3 is 79.6 Å². The second-order valence-corrected chi connectivity index (χ2v) is 3.68. The summed E-state index contributed by atoms with van der Waals surface area (Å²) in [7, 11) is 0. The number of anilines is 1. The molecule has 0 aliphatic rings. The average Bonchev–Trinajstić information content (AvgIpc) is 2.04. The van der Waals surface area contributed by atoms with Crippen molar-refractivity contribution in [2.75, 3.05) is 11.9 Å². The Bertz CT molecular complexity index is 209. The molecule has 0 aliphatic heterocycles. The molecule has 0 amide bonds. The molecule has 1 heterocycles. The monoisotopic (exact) mass is 256 g/mol. The van der Waals surface area contributed by atoms with Crippen LogP contribution in [-0.2, 0) is 0 Å². The summed E-state index contributed by atoms with van der Waals surface area (Å²) in [6.07, 6.45) is 4.69. The Balaban J connectivity index is 2.52. The van der Waals surface area contributed by atoms with Crippen LogP contribution in [0, 0.1) is 0 Å². The zero-order valence-corrected chi connectivity index (χ0v) is 9.32. The number of aromatic nitrogens is 2. The van der Waals surface area contributed by atoms with Gasteiger partial charge in [-0.3, -0.25) is 0 Å². The summed E-state index contributed by atoms with van der Waals surface area (Å²) in [5.41, 5.74) is 0. The van der Waals surface area contributed by atoms with Gasteiger partial charge in [-0.1, -0.05) is 0 Å². The summed E-state index contributed by atoms with van der Waals surface area (Å²) in [5.74, 6) is 0.873. The van der Waals surface area contributed by atoms with Crippen LogP contribution in [0.5, 0.6) is 0 Å². The first-order valence-electron chi connectivity index (χ1n) is 3.60. The van der Waals surface area contributed by atoms with Gasteiger partial charge in [0.1, 0.15) is 0 Å². The van der Waals surface area contributed by atoms with E-state index in [1.807, 2.05) is 0 Å². The van der Waals surface area contributed by atoms with E-state index in [0.29, 0.717) is 0 Å². The molecule has 3 nitrogen and oxygen atoms in total. The number of nitrogens with zero attached hydrogens (tertiary/aromatic N) is 2. The third-order valence-electron chi connectivity index (χ3n) is 1.21. The van der Waals surface area contributed by atoms with E-state index in [9.17, 15) is 0 Å². The zero-order chi connectivity index (χ0) is 8.10. The minimum absolute atomic E-state index is 0.873. The molecule has 1 rings (SSSR count). The molecule has 57 valence electrons. The van der Waals surface area contributed by atoms with Crippen molar-refractivity contribution in [1.29, 1.82) is 0 Å². The van der Waals surface area contributed by atoms with Crippen molar-refractivity contribution in [3.63, 3.8) is 0 Å². The van der Waals surface area contributed by atoms with E-state index in [2.05, 4.69) is 22.2 Å². The molecule has 4 heteroatoms. The molecule has 0 unspecified atom stereocenters. The van der Waals surface area contributed by atoms with Gasteiger partial charge in [0, 0.05) is 0 Å². The molecular formula is C7H10N3Sn. The van der Waals surface area contributed by atoms with E-state index in [1.165, 1.54) is 22.5 Å². The van der Waals surface area contributed by atoms with Crippen LogP contribution < -0.4 is 9.03 Å². The topological polar surface area (TPSA) is 37.8 Å². The van der Waals surface area contributed by atoms with Crippen LogP contribution in [0.25, 0.3) is 0 Å². The first-order chi connectivity index (χ1) is 5.33. The van der Waals surface area contributed by atoms with E-state index < -0.39 is 0 Å². The molecule has 0 spiro atoms. The summed E-state index contributed by atoms with van der Waals surface area (Å²) in [5, 5.41) is 3.16. The molecule has 0 bridgehead atoms. The van der Waals surface area contributed by atoms with Crippen LogP contribution in [0.3, 0.4) is 0 Å². The maximum absolute atomic E-state index is 4.16. The van der Waals surface area contributed by atoms with Crippen molar-refractivity contribution in [2.24, 2.45) is 0 Å². The van der Waals surface area contributed by atoms with Crippen molar-refractivity contribution in [3.8, 4) is 0 Å². The second-order valence-electron chi connectivity index (χ2n) is 2.21. The first-order valence-corrected chi connectivity index (χ1v) is 5.03. The SMILES string of the molecule is CCCNc1cn[c]([Sn])cn1. The van der Waals surface area contributed by atoms with E-state index >= 15 is 0 Å². The fraction of sp³-hybridized carbons (Fsp3) is 0.429. The molecule has 1 aromatic heterocycles. The average molecular weight is 255 g/mol. The van der Waals surface area contributed by atoms with Crippen molar-refractivity contribution in [3.05, 3.63) is 12.4 Å². The third kappa shape index (κ3) is 3.05. The van der Waals surface area contributed by atoms with Crippen molar-refractivity contribution in [2.45, 2.75) is 13.3 Å². The van der Waals surface area contributed by atoms with Gasteiger partial charge < -0.3 is 0 Å². The first kappa shape index (κ1) is 8.77. The summed E-state index contributed by atoms with van der Waals surface area (Å²) in [6.45, 7) is 3.09. The van der Waals surface area contributed by atoms with E-state index in [1.54, 1.807) is 12.4 Å². The Morgan fingerprint density at radius 3 is 2.82 bits per heavy atom. The molecule has 3 radical (unpaired) electrons. The molecule has 0 aromatic carbocycles. The fourth-order valence-electron chi connectivity index (χ4n) is 0.672. The predicted octanol–water partition coefficient (Wildman–Crippen LogP) is 0.0923. The van der Waals surface area contributed by atoms with Crippen LogP contribution >= 0.6 is 0 Å². The normalized spacial score (nSPS) is 9.64. The molecular weight excluding hydrogens is 245 g/mol. The van der Waals surface area contributed by atoms with Gasteiger partial charge in [0.05, 0.1) is 0 Å². The van der Waals surface area contributed by atoms with Crippen LogP contribution in [-0.4, -0.2) is 39.0 Å². The van der Waals surface area contributed by atoms with E-state index in [0.717, 1.165) is 22.5 Å². The van der Waals surface area contributed by atoms with Gasteiger partial charge in [0.15, 0.2) is 0 Å². The van der Waals surface area contributed by atoms with Crippen LogP contribution in [0.15, 0.2) is 12.4 Å². The number of hydrogen-bond acceptors (Lipinski definition) is 3. The Labute approximate surface area is 79.7 Å². The third-order valence-corrected chi connectivity index (χ3v) is 1.94. The van der Waals surface area contributed by atoms with Gasteiger partial charge in [-0.15, -0.1) is 0 Å². The molecule has 1 aromatic rings.